The molecule has 1 N–H and O–H groups in total. The highest BCUT2D eigenvalue weighted by Crippen LogP contribution is 2.25. The van der Waals surface area contributed by atoms with Crippen molar-refractivity contribution in [2.75, 3.05) is 0 Å². The first kappa shape index (κ1) is 7.85. The Morgan fingerprint density at radius 2 is 2.14 bits per heavy atom. The van der Waals surface area contributed by atoms with Crippen molar-refractivity contribution >= 4 is 5.65 Å². The topological polar surface area (TPSA) is 37.5 Å². The van der Waals surface area contributed by atoms with Crippen molar-refractivity contribution in [2.24, 2.45) is 0 Å². The number of aromatic hydroxyl groups is 1. The molecule has 0 saturated heterocycles. The molecule has 3 heteroatoms. The third kappa shape index (κ3) is 1.02. The van der Waals surface area contributed by atoms with Crippen LogP contribution >= 0.6 is 0 Å². The lowest BCUT2D eigenvalue weighted by atomic mass is 9.93. The normalized spacial score (nSPS) is 15.7. The fourth-order valence-electron chi connectivity index (χ4n) is 2.26. The molecule has 1 aliphatic carbocycles. The minimum atomic E-state index is 0.115. The van der Waals surface area contributed by atoms with Gasteiger partial charge in [-0.15, -0.1) is 0 Å². The minimum absolute atomic E-state index is 0.115. The van der Waals surface area contributed by atoms with Crippen molar-refractivity contribution in [1.82, 2.24) is 9.38 Å². The van der Waals surface area contributed by atoms with Crippen LogP contribution in [0, 0.1) is 0 Å². The Morgan fingerprint density at radius 1 is 1.29 bits per heavy atom. The van der Waals surface area contributed by atoms with E-state index in [9.17, 15) is 5.11 Å². The first-order chi connectivity index (χ1) is 6.84. The zero-order valence-electron chi connectivity index (χ0n) is 7.90. The van der Waals surface area contributed by atoms with Gasteiger partial charge in [-0.1, -0.05) is 0 Å². The quantitative estimate of drug-likeness (QED) is 0.685. The number of fused-ring (bicyclic) bond motifs is 3. The molecular formula is C11H12N2O. The van der Waals surface area contributed by atoms with E-state index in [1.807, 2.05) is 10.6 Å². The Kier molecular flexibility index (Phi) is 1.54. The Morgan fingerprint density at radius 3 is 3.07 bits per heavy atom. The third-order valence-electron chi connectivity index (χ3n) is 2.94. The van der Waals surface area contributed by atoms with E-state index in [-0.39, 0.29) is 5.88 Å². The molecule has 0 unspecified atom stereocenters. The van der Waals surface area contributed by atoms with Gasteiger partial charge in [0.25, 0.3) is 0 Å². The van der Waals surface area contributed by atoms with E-state index in [0.29, 0.717) is 0 Å². The SMILES string of the molecule is Oc1cn2ccc3c(c2n1)CCCC3. The van der Waals surface area contributed by atoms with Gasteiger partial charge >= 0.3 is 0 Å². The highest BCUT2D eigenvalue weighted by Gasteiger charge is 2.14. The molecule has 1 aliphatic rings. The Bertz CT molecular complexity index is 487. The molecule has 0 saturated carbocycles. The molecule has 2 heterocycles. The molecule has 0 spiro atoms. The lowest BCUT2D eigenvalue weighted by Gasteiger charge is -2.15. The minimum Gasteiger partial charge on any atom is -0.492 e. The standard InChI is InChI=1S/C11H12N2O/c14-10-7-13-6-5-8-3-1-2-4-9(8)11(13)12-10/h5-7,14H,1-4H2. The molecule has 0 bridgehead atoms. The number of hydrogen-bond acceptors (Lipinski definition) is 2. The van der Waals surface area contributed by atoms with E-state index >= 15 is 0 Å². The van der Waals surface area contributed by atoms with Gasteiger partial charge in [0.05, 0.1) is 6.20 Å². The van der Waals surface area contributed by atoms with E-state index in [4.69, 9.17) is 0 Å². The molecule has 0 radical (unpaired) electrons. The van der Waals surface area contributed by atoms with Crippen LogP contribution in [0.25, 0.3) is 5.65 Å². The van der Waals surface area contributed by atoms with Crippen molar-refractivity contribution in [3.8, 4) is 5.88 Å². The first-order valence-corrected chi connectivity index (χ1v) is 5.03. The monoisotopic (exact) mass is 188 g/mol. The summed E-state index contributed by atoms with van der Waals surface area (Å²) >= 11 is 0. The van der Waals surface area contributed by atoms with E-state index in [2.05, 4.69) is 11.1 Å². The van der Waals surface area contributed by atoms with Gasteiger partial charge in [-0.3, -0.25) is 0 Å². The highest BCUT2D eigenvalue weighted by molar-refractivity contribution is 5.54. The average molecular weight is 188 g/mol. The van der Waals surface area contributed by atoms with E-state index in [0.717, 1.165) is 18.5 Å². The fraction of sp³-hybridized carbons (Fsp3) is 0.364. The molecular weight excluding hydrogens is 176 g/mol. The second-order valence-corrected chi connectivity index (χ2v) is 3.86. The molecule has 2 aromatic rings. The summed E-state index contributed by atoms with van der Waals surface area (Å²) in [5.41, 5.74) is 3.65. The number of aryl methyl sites for hydroxylation is 2. The molecule has 0 aliphatic heterocycles. The molecule has 3 rings (SSSR count). The van der Waals surface area contributed by atoms with Gasteiger partial charge in [0.1, 0.15) is 5.65 Å². The summed E-state index contributed by atoms with van der Waals surface area (Å²) in [6, 6.07) is 2.14. The number of rotatable bonds is 0. The van der Waals surface area contributed by atoms with Crippen molar-refractivity contribution in [3.05, 3.63) is 29.6 Å². The number of nitrogens with zero attached hydrogens (tertiary/aromatic N) is 2. The summed E-state index contributed by atoms with van der Waals surface area (Å²) in [6.45, 7) is 0. The summed E-state index contributed by atoms with van der Waals surface area (Å²) < 4.78 is 1.90. The number of aromatic nitrogens is 2. The van der Waals surface area contributed by atoms with Crippen LogP contribution in [0.3, 0.4) is 0 Å². The zero-order valence-corrected chi connectivity index (χ0v) is 7.90. The van der Waals surface area contributed by atoms with Crippen LogP contribution in [0.15, 0.2) is 18.5 Å². The average Bonchev–Trinajstić information content (AvgIpc) is 2.59. The lowest BCUT2D eigenvalue weighted by molar-refractivity contribution is 0.457. The summed E-state index contributed by atoms with van der Waals surface area (Å²) in [5, 5.41) is 9.33. The number of imidazole rings is 1. The second kappa shape index (κ2) is 2.74. The van der Waals surface area contributed by atoms with Crippen LogP contribution in [0.4, 0.5) is 0 Å². The van der Waals surface area contributed by atoms with Gasteiger partial charge in [0, 0.05) is 6.20 Å². The van der Waals surface area contributed by atoms with Crippen molar-refractivity contribution < 1.29 is 5.11 Å². The molecule has 0 atom stereocenters. The van der Waals surface area contributed by atoms with Crippen LogP contribution in [-0.2, 0) is 12.8 Å². The predicted octanol–water partition coefficient (Wildman–Crippen LogP) is 1.92. The van der Waals surface area contributed by atoms with Gasteiger partial charge in [0.15, 0.2) is 0 Å². The van der Waals surface area contributed by atoms with Crippen LogP contribution < -0.4 is 0 Å². The smallest absolute Gasteiger partial charge is 0.230 e. The summed E-state index contributed by atoms with van der Waals surface area (Å²) in [5.74, 6) is 0.115. The predicted molar refractivity (Wildman–Crippen MR) is 53.5 cm³/mol. The van der Waals surface area contributed by atoms with Gasteiger partial charge in [-0.25, -0.2) is 0 Å². The van der Waals surface area contributed by atoms with E-state index in [1.165, 1.54) is 24.0 Å². The molecule has 72 valence electrons. The van der Waals surface area contributed by atoms with Crippen molar-refractivity contribution in [2.45, 2.75) is 25.7 Å². The lowest BCUT2D eigenvalue weighted by Crippen LogP contribution is -2.05. The summed E-state index contributed by atoms with van der Waals surface area (Å²) in [7, 11) is 0. The van der Waals surface area contributed by atoms with Gasteiger partial charge in [-0.2, -0.15) is 4.98 Å². The van der Waals surface area contributed by atoms with Crippen LogP contribution in [-0.4, -0.2) is 14.5 Å². The van der Waals surface area contributed by atoms with Gasteiger partial charge in [0.2, 0.25) is 5.88 Å². The maximum atomic E-state index is 9.33. The van der Waals surface area contributed by atoms with E-state index in [1.54, 1.807) is 6.20 Å². The van der Waals surface area contributed by atoms with Gasteiger partial charge in [-0.05, 0) is 42.9 Å². The molecule has 3 nitrogen and oxygen atoms in total. The van der Waals surface area contributed by atoms with Gasteiger partial charge < -0.3 is 9.51 Å². The number of hydrogen-bond donors (Lipinski definition) is 1. The summed E-state index contributed by atoms with van der Waals surface area (Å²) in [4.78, 5) is 4.14. The molecule has 14 heavy (non-hydrogen) atoms. The fourth-order valence-corrected chi connectivity index (χ4v) is 2.26. The Hall–Kier alpha value is -1.51. The maximum Gasteiger partial charge on any atom is 0.230 e. The largest absolute Gasteiger partial charge is 0.492 e. The maximum absolute atomic E-state index is 9.33. The van der Waals surface area contributed by atoms with Crippen LogP contribution in [0.2, 0.25) is 0 Å². The number of pyridine rings is 1. The van der Waals surface area contributed by atoms with Crippen molar-refractivity contribution in [1.29, 1.82) is 0 Å². The second-order valence-electron chi connectivity index (χ2n) is 3.86. The third-order valence-corrected chi connectivity index (χ3v) is 2.94. The molecule has 2 aromatic heterocycles. The molecule has 0 aromatic carbocycles. The Balaban J connectivity index is 2.33. The molecule has 0 amide bonds. The zero-order chi connectivity index (χ0) is 9.54. The van der Waals surface area contributed by atoms with Crippen molar-refractivity contribution in [3.63, 3.8) is 0 Å². The summed E-state index contributed by atoms with van der Waals surface area (Å²) in [6.07, 6.45) is 8.39. The Labute approximate surface area is 82.0 Å². The van der Waals surface area contributed by atoms with Crippen LogP contribution in [0.1, 0.15) is 24.0 Å². The highest BCUT2D eigenvalue weighted by atomic mass is 16.3. The van der Waals surface area contributed by atoms with E-state index < -0.39 is 0 Å². The molecule has 0 fully saturated rings. The van der Waals surface area contributed by atoms with Crippen LogP contribution in [0.5, 0.6) is 5.88 Å². The first-order valence-electron chi connectivity index (χ1n) is 5.03.